The molecule has 0 spiro atoms. The molecule has 2 N–H and O–H groups in total. The van der Waals surface area contributed by atoms with Gasteiger partial charge in [0, 0.05) is 18.8 Å². The minimum absolute atomic E-state index is 0.129. The fourth-order valence-electron chi connectivity index (χ4n) is 2.97. The van der Waals surface area contributed by atoms with Crippen LogP contribution < -0.4 is 10.6 Å². The second-order valence-corrected chi connectivity index (χ2v) is 6.08. The van der Waals surface area contributed by atoms with Crippen molar-refractivity contribution >= 4 is 11.7 Å². The van der Waals surface area contributed by atoms with Gasteiger partial charge < -0.3 is 15.4 Å². The average molecular weight is 292 g/mol. The predicted octanol–water partition coefficient (Wildman–Crippen LogP) is 2.37. The highest BCUT2D eigenvalue weighted by molar-refractivity contribution is 5.89. The summed E-state index contributed by atoms with van der Waals surface area (Å²) in [6.07, 6.45) is 9.50. The van der Waals surface area contributed by atoms with E-state index in [2.05, 4.69) is 22.7 Å². The standard InChI is InChI=1S/C15H24N4O2/c1-2-4-11-7-14(11)18-15(20)17-12-8-16-19(9-12)10-13-5-3-6-21-13/h8-9,11,13-14H,2-7,10H2,1H3,(H2,17,18,20)/t11-,13+,14-/m1/s1. The van der Waals surface area contributed by atoms with E-state index in [1.165, 1.54) is 12.8 Å². The minimum atomic E-state index is -0.129. The fourth-order valence-corrected chi connectivity index (χ4v) is 2.97. The van der Waals surface area contributed by atoms with E-state index < -0.39 is 0 Å². The van der Waals surface area contributed by atoms with Crippen LogP contribution in [0.25, 0.3) is 0 Å². The zero-order valence-electron chi connectivity index (χ0n) is 12.5. The normalized spacial score (nSPS) is 27.6. The van der Waals surface area contributed by atoms with E-state index in [1.54, 1.807) is 6.20 Å². The summed E-state index contributed by atoms with van der Waals surface area (Å²) in [4.78, 5) is 11.9. The van der Waals surface area contributed by atoms with Crippen molar-refractivity contribution in [1.29, 1.82) is 0 Å². The Morgan fingerprint density at radius 1 is 1.57 bits per heavy atom. The summed E-state index contributed by atoms with van der Waals surface area (Å²) >= 11 is 0. The Kier molecular flexibility index (Phi) is 4.43. The van der Waals surface area contributed by atoms with E-state index >= 15 is 0 Å². The Hall–Kier alpha value is -1.56. The number of anilines is 1. The number of rotatable bonds is 6. The molecule has 1 aliphatic heterocycles. The third-order valence-electron chi connectivity index (χ3n) is 4.20. The van der Waals surface area contributed by atoms with Gasteiger partial charge in [-0.05, 0) is 31.6 Å². The molecule has 3 atom stereocenters. The molecule has 2 fully saturated rings. The Labute approximate surface area is 125 Å². The molecule has 1 aromatic rings. The van der Waals surface area contributed by atoms with Gasteiger partial charge in [0.2, 0.25) is 0 Å². The molecule has 1 aromatic heterocycles. The monoisotopic (exact) mass is 292 g/mol. The average Bonchev–Trinajstić information content (AvgIpc) is 2.87. The molecule has 3 rings (SSSR count). The zero-order valence-corrected chi connectivity index (χ0v) is 12.5. The molecule has 0 radical (unpaired) electrons. The van der Waals surface area contributed by atoms with Crippen molar-refractivity contribution in [1.82, 2.24) is 15.1 Å². The number of aromatic nitrogens is 2. The molecule has 2 amide bonds. The highest BCUT2D eigenvalue weighted by Crippen LogP contribution is 2.34. The van der Waals surface area contributed by atoms with Crippen LogP contribution in [-0.4, -0.2) is 34.6 Å². The number of ether oxygens (including phenoxy) is 1. The van der Waals surface area contributed by atoms with Crippen molar-refractivity contribution in [2.24, 2.45) is 5.92 Å². The van der Waals surface area contributed by atoms with Crippen molar-refractivity contribution in [2.45, 2.75) is 57.7 Å². The van der Waals surface area contributed by atoms with Crippen LogP contribution in [0.5, 0.6) is 0 Å². The van der Waals surface area contributed by atoms with Crippen LogP contribution in [0.3, 0.4) is 0 Å². The predicted molar refractivity (Wildman–Crippen MR) is 80.2 cm³/mol. The van der Waals surface area contributed by atoms with Gasteiger partial charge in [-0.15, -0.1) is 0 Å². The lowest BCUT2D eigenvalue weighted by atomic mass is 10.2. The summed E-state index contributed by atoms with van der Waals surface area (Å²) in [6, 6.07) is 0.224. The van der Waals surface area contributed by atoms with Gasteiger partial charge >= 0.3 is 6.03 Å². The summed E-state index contributed by atoms with van der Waals surface area (Å²) in [7, 11) is 0. The summed E-state index contributed by atoms with van der Waals surface area (Å²) in [6.45, 7) is 3.78. The second kappa shape index (κ2) is 6.47. The van der Waals surface area contributed by atoms with Crippen molar-refractivity contribution in [3.05, 3.63) is 12.4 Å². The number of nitrogens with one attached hydrogen (secondary N) is 2. The smallest absolute Gasteiger partial charge is 0.319 e. The summed E-state index contributed by atoms with van der Waals surface area (Å²) < 4.78 is 7.42. The summed E-state index contributed by atoms with van der Waals surface area (Å²) in [5, 5.41) is 10.1. The maximum atomic E-state index is 11.9. The van der Waals surface area contributed by atoms with Gasteiger partial charge in [0.25, 0.3) is 0 Å². The van der Waals surface area contributed by atoms with Gasteiger partial charge in [0.15, 0.2) is 0 Å². The van der Waals surface area contributed by atoms with Crippen LogP contribution in [0.4, 0.5) is 10.5 Å². The van der Waals surface area contributed by atoms with Gasteiger partial charge in [-0.1, -0.05) is 13.3 Å². The Morgan fingerprint density at radius 3 is 3.24 bits per heavy atom. The van der Waals surface area contributed by atoms with Crippen molar-refractivity contribution < 1.29 is 9.53 Å². The van der Waals surface area contributed by atoms with Crippen molar-refractivity contribution in [3.8, 4) is 0 Å². The fraction of sp³-hybridized carbons (Fsp3) is 0.733. The molecule has 0 bridgehead atoms. The molecule has 0 aromatic carbocycles. The van der Waals surface area contributed by atoms with Gasteiger partial charge in [-0.3, -0.25) is 4.68 Å². The second-order valence-electron chi connectivity index (χ2n) is 6.08. The van der Waals surface area contributed by atoms with Gasteiger partial charge in [-0.25, -0.2) is 4.79 Å². The number of urea groups is 1. The largest absolute Gasteiger partial charge is 0.376 e. The van der Waals surface area contributed by atoms with Crippen LogP contribution in [0.15, 0.2) is 12.4 Å². The Balaban J connectivity index is 1.42. The van der Waals surface area contributed by atoms with E-state index in [1.807, 2.05) is 10.9 Å². The van der Waals surface area contributed by atoms with Crippen LogP contribution in [0.1, 0.15) is 39.0 Å². The third-order valence-corrected chi connectivity index (χ3v) is 4.20. The number of nitrogens with zero attached hydrogens (tertiary/aromatic N) is 2. The van der Waals surface area contributed by atoms with Crippen LogP contribution >= 0.6 is 0 Å². The van der Waals surface area contributed by atoms with Crippen LogP contribution in [0, 0.1) is 5.92 Å². The minimum Gasteiger partial charge on any atom is -0.376 e. The lowest BCUT2D eigenvalue weighted by Crippen LogP contribution is -2.31. The number of carbonyl (C=O) groups is 1. The summed E-state index contributed by atoms with van der Waals surface area (Å²) in [5.74, 6) is 0.669. The summed E-state index contributed by atoms with van der Waals surface area (Å²) in [5.41, 5.74) is 0.734. The quantitative estimate of drug-likeness (QED) is 0.846. The molecule has 1 saturated carbocycles. The lowest BCUT2D eigenvalue weighted by Gasteiger charge is -2.08. The molecule has 6 nitrogen and oxygen atoms in total. The number of hydrogen-bond acceptors (Lipinski definition) is 3. The number of amides is 2. The molecular formula is C15H24N4O2. The molecule has 1 aliphatic carbocycles. The van der Waals surface area contributed by atoms with E-state index in [-0.39, 0.29) is 12.1 Å². The zero-order chi connectivity index (χ0) is 14.7. The molecular weight excluding hydrogens is 268 g/mol. The molecule has 0 unspecified atom stereocenters. The molecule has 6 heteroatoms. The van der Waals surface area contributed by atoms with Crippen molar-refractivity contribution in [3.63, 3.8) is 0 Å². The lowest BCUT2D eigenvalue weighted by molar-refractivity contribution is 0.0940. The van der Waals surface area contributed by atoms with Gasteiger partial charge in [-0.2, -0.15) is 5.10 Å². The number of hydrogen-bond donors (Lipinski definition) is 2. The van der Waals surface area contributed by atoms with E-state index in [4.69, 9.17) is 4.74 Å². The van der Waals surface area contributed by atoms with E-state index in [0.29, 0.717) is 12.0 Å². The van der Waals surface area contributed by atoms with Crippen LogP contribution in [-0.2, 0) is 11.3 Å². The molecule has 116 valence electrons. The number of carbonyl (C=O) groups excluding carboxylic acids is 1. The van der Waals surface area contributed by atoms with Crippen LogP contribution in [0.2, 0.25) is 0 Å². The Morgan fingerprint density at radius 2 is 2.48 bits per heavy atom. The van der Waals surface area contributed by atoms with E-state index in [9.17, 15) is 4.79 Å². The highest BCUT2D eigenvalue weighted by atomic mass is 16.5. The first-order chi connectivity index (χ1) is 10.2. The van der Waals surface area contributed by atoms with E-state index in [0.717, 1.165) is 38.1 Å². The third kappa shape index (κ3) is 3.97. The Bertz CT molecular complexity index is 482. The van der Waals surface area contributed by atoms with Gasteiger partial charge in [0.05, 0.1) is 24.5 Å². The first-order valence-electron chi connectivity index (χ1n) is 7.96. The molecule has 2 heterocycles. The topological polar surface area (TPSA) is 68.2 Å². The highest BCUT2D eigenvalue weighted by Gasteiger charge is 2.37. The molecule has 2 aliphatic rings. The van der Waals surface area contributed by atoms with Gasteiger partial charge in [0.1, 0.15) is 0 Å². The molecule has 21 heavy (non-hydrogen) atoms. The first-order valence-corrected chi connectivity index (χ1v) is 7.96. The molecule has 1 saturated heterocycles. The maximum Gasteiger partial charge on any atom is 0.319 e. The first kappa shape index (κ1) is 14.4. The maximum absolute atomic E-state index is 11.9. The SMILES string of the molecule is CCC[C@@H]1C[C@H]1NC(=O)Nc1cnn(C[C@@H]2CCCO2)c1. The van der Waals surface area contributed by atoms with Crippen molar-refractivity contribution in [2.75, 3.05) is 11.9 Å².